The number of rotatable bonds is 4. The standard InChI is InChI=1S/C18H20N6O/c25-18(15-6-7-17(19-13-15)24-12-4-9-21-24)23-11-2-1-5-16(23)14-22-10-3-8-20-22/h3-4,6-10,12-13,16H,1-2,5,11,14H2. The second-order valence-corrected chi connectivity index (χ2v) is 6.23. The van der Waals surface area contributed by atoms with E-state index < -0.39 is 0 Å². The van der Waals surface area contributed by atoms with Crippen LogP contribution in [0.25, 0.3) is 5.82 Å². The van der Waals surface area contributed by atoms with E-state index in [1.165, 1.54) is 0 Å². The fourth-order valence-corrected chi connectivity index (χ4v) is 3.30. The maximum atomic E-state index is 13.0. The lowest BCUT2D eigenvalue weighted by molar-refractivity contribution is 0.0583. The Hall–Kier alpha value is -2.96. The highest BCUT2D eigenvalue weighted by atomic mass is 16.2. The Bertz CT molecular complexity index is 810. The van der Waals surface area contributed by atoms with Gasteiger partial charge in [-0.1, -0.05) is 0 Å². The topological polar surface area (TPSA) is 68.8 Å². The number of hydrogen-bond acceptors (Lipinski definition) is 4. The number of carbonyl (C=O) groups excluding carboxylic acids is 1. The van der Waals surface area contributed by atoms with Crippen molar-refractivity contribution >= 4 is 5.91 Å². The van der Waals surface area contributed by atoms with Crippen molar-refractivity contribution in [1.29, 1.82) is 0 Å². The molecule has 0 aromatic carbocycles. The van der Waals surface area contributed by atoms with Crippen molar-refractivity contribution in [2.75, 3.05) is 6.54 Å². The zero-order valence-corrected chi connectivity index (χ0v) is 13.9. The Kier molecular flexibility index (Phi) is 4.28. The summed E-state index contributed by atoms with van der Waals surface area (Å²) < 4.78 is 3.57. The zero-order valence-electron chi connectivity index (χ0n) is 13.9. The van der Waals surface area contributed by atoms with Crippen LogP contribution >= 0.6 is 0 Å². The van der Waals surface area contributed by atoms with Crippen LogP contribution in [-0.2, 0) is 6.54 Å². The van der Waals surface area contributed by atoms with Crippen LogP contribution in [-0.4, -0.2) is 47.9 Å². The summed E-state index contributed by atoms with van der Waals surface area (Å²) in [6, 6.07) is 7.58. The minimum absolute atomic E-state index is 0.0383. The molecular formula is C18H20N6O. The lowest BCUT2D eigenvalue weighted by Crippen LogP contribution is -2.46. The second kappa shape index (κ2) is 6.88. The van der Waals surface area contributed by atoms with Crippen LogP contribution in [0, 0.1) is 0 Å². The summed E-state index contributed by atoms with van der Waals surface area (Å²) >= 11 is 0. The van der Waals surface area contributed by atoms with Crippen molar-refractivity contribution in [1.82, 2.24) is 29.4 Å². The molecule has 1 aliphatic rings. The van der Waals surface area contributed by atoms with E-state index in [2.05, 4.69) is 15.2 Å². The van der Waals surface area contributed by atoms with Gasteiger partial charge in [-0.3, -0.25) is 9.48 Å². The molecule has 0 N–H and O–H groups in total. The molecule has 25 heavy (non-hydrogen) atoms. The molecule has 1 aliphatic heterocycles. The first-order valence-corrected chi connectivity index (χ1v) is 8.56. The monoisotopic (exact) mass is 336 g/mol. The molecule has 0 saturated carbocycles. The first-order valence-electron chi connectivity index (χ1n) is 8.56. The highest BCUT2D eigenvalue weighted by Crippen LogP contribution is 2.21. The van der Waals surface area contributed by atoms with E-state index >= 15 is 0 Å². The summed E-state index contributed by atoms with van der Waals surface area (Å²) in [5.74, 6) is 0.740. The number of likely N-dealkylation sites (tertiary alicyclic amines) is 1. The zero-order chi connectivity index (χ0) is 17.1. The number of carbonyl (C=O) groups is 1. The molecule has 1 unspecified atom stereocenters. The number of piperidine rings is 1. The molecule has 4 heterocycles. The van der Waals surface area contributed by atoms with E-state index in [1.54, 1.807) is 23.3 Å². The number of hydrogen-bond donors (Lipinski definition) is 0. The summed E-state index contributed by atoms with van der Waals surface area (Å²) in [6.45, 7) is 1.52. The number of aromatic nitrogens is 5. The highest BCUT2D eigenvalue weighted by Gasteiger charge is 2.28. The molecule has 7 heteroatoms. The minimum Gasteiger partial charge on any atom is -0.334 e. The molecule has 1 amide bonds. The molecule has 4 rings (SSSR count). The molecule has 1 atom stereocenters. The SMILES string of the molecule is O=C(c1ccc(-n2cccn2)nc1)N1CCCCC1Cn1cccn1. The summed E-state index contributed by atoms with van der Waals surface area (Å²) in [4.78, 5) is 19.3. The van der Waals surface area contributed by atoms with Crippen molar-refractivity contribution in [3.05, 3.63) is 60.8 Å². The summed E-state index contributed by atoms with van der Waals surface area (Å²) in [5.41, 5.74) is 0.614. The molecule has 1 fully saturated rings. The van der Waals surface area contributed by atoms with Gasteiger partial charge in [0, 0.05) is 37.5 Å². The van der Waals surface area contributed by atoms with Gasteiger partial charge >= 0.3 is 0 Å². The lowest BCUT2D eigenvalue weighted by atomic mass is 10.0. The van der Waals surface area contributed by atoms with E-state index in [4.69, 9.17) is 0 Å². The maximum Gasteiger partial charge on any atom is 0.255 e. The third-order valence-electron chi connectivity index (χ3n) is 4.58. The highest BCUT2D eigenvalue weighted by molar-refractivity contribution is 5.94. The number of pyridine rings is 1. The Balaban J connectivity index is 1.51. The van der Waals surface area contributed by atoms with Gasteiger partial charge in [-0.25, -0.2) is 9.67 Å². The fraction of sp³-hybridized carbons (Fsp3) is 0.333. The quantitative estimate of drug-likeness (QED) is 0.732. The van der Waals surface area contributed by atoms with Crippen molar-refractivity contribution in [3.63, 3.8) is 0 Å². The van der Waals surface area contributed by atoms with E-state index in [1.807, 2.05) is 46.2 Å². The van der Waals surface area contributed by atoms with E-state index in [-0.39, 0.29) is 11.9 Å². The fourth-order valence-electron chi connectivity index (χ4n) is 3.30. The maximum absolute atomic E-state index is 13.0. The van der Waals surface area contributed by atoms with Crippen molar-refractivity contribution < 1.29 is 4.79 Å². The molecule has 1 saturated heterocycles. The molecule has 0 spiro atoms. The predicted molar refractivity (Wildman–Crippen MR) is 92.3 cm³/mol. The molecule has 0 bridgehead atoms. The van der Waals surface area contributed by atoms with Crippen LogP contribution in [0.15, 0.2) is 55.2 Å². The van der Waals surface area contributed by atoms with E-state index in [0.29, 0.717) is 11.4 Å². The van der Waals surface area contributed by atoms with Gasteiger partial charge in [0.25, 0.3) is 5.91 Å². The molecule has 0 aliphatic carbocycles. The van der Waals surface area contributed by atoms with Crippen LogP contribution in [0.3, 0.4) is 0 Å². The number of amides is 1. The van der Waals surface area contributed by atoms with E-state index in [0.717, 1.165) is 32.4 Å². The Morgan fingerprint density at radius 1 is 1.12 bits per heavy atom. The number of nitrogens with zero attached hydrogens (tertiary/aromatic N) is 6. The van der Waals surface area contributed by atoms with Gasteiger partial charge in [0.05, 0.1) is 18.2 Å². The van der Waals surface area contributed by atoms with Crippen LogP contribution < -0.4 is 0 Å². The predicted octanol–water partition coefficient (Wildman–Crippen LogP) is 2.16. The van der Waals surface area contributed by atoms with E-state index in [9.17, 15) is 4.79 Å². The first-order chi connectivity index (χ1) is 12.3. The average Bonchev–Trinajstić information content (AvgIpc) is 3.36. The summed E-state index contributed by atoms with van der Waals surface area (Å²) in [5, 5.41) is 8.43. The summed E-state index contributed by atoms with van der Waals surface area (Å²) in [7, 11) is 0. The molecule has 3 aromatic heterocycles. The summed E-state index contributed by atoms with van der Waals surface area (Å²) in [6.07, 6.45) is 12.1. The third-order valence-corrected chi connectivity index (χ3v) is 4.58. The van der Waals surface area contributed by atoms with Crippen molar-refractivity contribution in [3.8, 4) is 5.82 Å². The van der Waals surface area contributed by atoms with Gasteiger partial charge in [0.1, 0.15) is 0 Å². The van der Waals surface area contributed by atoms with Crippen LogP contribution in [0.5, 0.6) is 0 Å². The molecular weight excluding hydrogens is 316 g/mol. The molecule has 7 nitrogen and oxygen atoms in total. The van der Waals surface area contributed by atoms with Gasteiger partial charge in [-0.15, -0.1) is 0 Å². The normalized spacial score (nSPS) is 17.6. The molecule has 128 valence electrons. The second-order valence-electron chi connectivity index (χ2n) is 6.23. The third kappa shape index (κ3) is 3.31. The van der Waals surface area contributed by atoms with Gasteiger partial charge in [0.15, 0.2) is 5.82 Å². The lowest BCUT2D eigenvalue weighted by Gasteiger charge is -2.35. The van der Waals surface area contributed by atoms with Crippen LogP contribution in [0.1, 0.15) is 29.6 Å². The Labute approximate surface area is 145 Å². The van der Waals surface area contributed by atoms with Crippen molar-refractivity contribution in [2.45, 2.75) is 31.8 Å². The average molecular weight is 336 g/mol. The Morgan fingerprint density at radius 2 is 2.00 bits per heavy atom. The largest absolute Gasteiger partial charge is 0.334 e. The van der Waals surface area contributed by atoms with Crippen LogP contribution in [0.2, 0.25) is 0 Å². The van der Waals surface area contributed by atoms with Gasteiger partial charge in [-0.05, 0) is 43.5 Å². The minimum atomic E-state index is 0.0383. The van der Waals surface area contributed by atoms with Gasteiger partial charge < -0.3 is 4.90 Å². The van der Waals surface area contributed by atoms with Crippen LogP contribution in [0.4, 0.5) is 0 Å². The smallest absolute Gasteiger partial charge is 0.255 e. The Morgan fingerprint density at radius 3 is 2.72 bits per heavy atom. The molecule has 0 radical (unpaired) electrons. The molecule has 3 aromatic rings. The van der Waals surface area contributed by atoms with Gasteiger partial charge in [-0.2, -0.15) is 10.2 Å². The van der Waals surface area contributed by atoms with Crippen molar-refractivity contribution in [2.24, 2.45) is 0 Å². The first kappa shape index (κ1) is 15.6. The van der Waals surface area contributed by atoms with Gasteiger partial charge in [0.2, 0.25) is 0 Å².